The van der Waals surface area contributed by atoms with Crippen LogP contribution in [0.5, 0.6) is 0 Å². The molecule has 0 N–H and O–H groups in total. The Balaban J connectivity index is 2.08. The summed E-state index contributed by atoms with van der Waals surface area (Å²) in [6.07, 6.45) is 12.1. The molecule has 0 aromatic carbocycles. The first-order chi connectivity index (χ1) is 6.22. The number of fused-ring (bicyclic) bond motifs is 1. The number of hydrogen-bond donors (Lipinski definition) is 0. The molecule has 0 aromatic rings. The van der Waals surface area contributed by atoms with Crippen molar-refractivity contribution in [2.45, 2.75) is 22.0 Å². The van der Waals surface area contributed by atoms with Crippen LogP contribution in [0.2, 0.25) is 0 Å². The van der Waals surface area contributed by atoms with Crippen LogP contribution in [0.15, 0.2) is 24.3 Å². The minimum absolute atomic E-state index is 0.232. The van der Waals surface area contributed by atoms with Gasteiger partial charge in [-0.3, -0.25) is 0 Å². The predicted molar refractivity (Wildman–Crippen MR) is 62.4 cm³/mol. The van der Waals surface area contributed by atoms with E-state index >= 15 is 0 Å². The largest absolute Gasteiger partial charge is 0.0879 e. The Morgan fingerprint density at radius 2 is 2.15 bits per heavy atom. The van der Waals surface area contributed by atoms with E-state index in [-0.39, 0.29) is 4.32 Å². The molecule has 0 radical (unpaired) electrons. The molecule has 2 heteroatoms. The minimum Gasteiger partial charge on any atom is -0.0879 e. The molecule has 2 bridgehead atoms. The van der Waals surface area contributed by atoms with Crippen LogP contribution >= 0.6 is 31.9 Å². The molecule has 0 aliphatic heterocycles. The maximum atomic E-state index is 3.93. The Labute approximate surface area is 95.7 Å². The van der Waals surface area contributed by atoms with E-state index in [0.29, 0.717) is 4.83 Å². The zero-order valence-corrected chi connectivity index (χ0v) is 10.5. The summed E-state index contributed by atoms with van der Waals surface area (Å²) in [7, 11) is 0. The number of allylic oxidation sites excluding steroid dienone is 4. The first-order valence-corrected chi connectivity index (χ1v) is 6.61. The normalized spacial score (nSPS) is 57.1. The minimum atomic E-state index is 0.232. The lowest BCUT2D eigenvalue weighted by Gasteiger charge is -2.50. The second kappa shape index (κ2) is 2.73. The summed E-state index contributed by atoms with van der Waals surface area (Å²) in [5.41, 5.74) is 0. The fourth-order valence-electron chi connectivity index (χ4n) is 3.11. The molecular formula is C11H12Br2. The van der Waals surface area contributed by atoms with Gasteiger partial charge >= 0.3 is 0 Å². The highest BCUT2D eigenvalue weighted by Gasteiger charge is 2.53. The van der Waals surface area contributed by atoms with Crippen molar-refractivity contribution in [1.29, 1.82) is 0 Å². The van der Waals surface area contributed by atoms with Crippen LogP contribution in [-0.4, -0.2) is 9.15 Å². The van der Waals surface area contributed by atoms with Crippen LogP contribution in [0.3, 0.4) is 0 Å². The van der Waals surface area contributed by atoms with Gasteiger partial charge in [-0.05, 0) is 30.6 Å². The molecule has 0 saturated heterocycles. The van der Waals surface area contributed by atoms with Crippen molar-refractivity contribution >= 4 is 31.9 Å². The third-order valence-electron chi connectivity index (χ3n) is 3.83. The average molecular weight is 304 g/mol. The zero-order chi connectivity index (χ0) is 9.05. The van der Waals surface area contributed by atoms with E-state index in [1.54, 1.807) is 0 Å². The Bertz CT molecular complexity index is 294. The number of halogens is 2. The predicted octanol–water partition coefficient (Wildman–Crippen LogP) is 3.67. The molecule has 0 aromatic heterocycles. The Morgan fingerprint density at radius 3 is 2.92 bits per heavy atom. The van der Waals surface area contributed by atoms with Crippen LogP contribution in [-0.2, 0) is 0 Å². The van der Waals surface area contributed by atoms with Crippen LogP contribution in [0.1, 0.15) is 12.8 Å². The van der Waals surface area contributed by atoms with Gasteiger partial charge in [-0.15, -0.1) is 0 Å². The Kier molecular flexibility index (Phi) is 1.83. The summed E-state index contributed by atoms with van der Waals surface area (Å²) in [6, 6.07) is 0. The van der Waals surface area contributed by atoms with Gasteiger partial charge in [-0.1, -0.05) is 56.2 Å². The molecule has 0 amide bonds. The van der Waals surface area contributed by atoms with Gasteiger partial charge in [0, 0.05) is 4.83 Å². The van der Waals surface area contributed by atoms with Crippen LogP contribution in [0.4, 0.5) is 0 Å². The topological polar surface area (TPSA) is 0 Å². The summed E-state index contributed by atoms with van der Waals surface area (Å²) >= 11 is 7.74. The first kappa shape index (κ1) is 8.72. The van der Waals surface area contributed by atoms with E-state index in [0.717, 1.165) is 17.8 Å². The molecule has 4 rings (SSSR count). The smallest absolute Gasteiger partial charge is 0.0598 e. The number of hydrogen-bond acceptors (Lipinski definition) is 0. The van der Waals surface area contributed by atoms with Crippen LogP contribution in [0, 0.1) is 17.8 Å². The third kappa shape index (κ3) is 1.02. The van der Waals surface area contributed by atoms with Crippen molar-refractivity contribution in [1.82, 2.24) is 0 Å². The molecular weight excluding hydrogens is 292 g/mol. The number of alkyl halides is 2. The third-order valence-corrected chi connectivity index (χ3v) is 6.98. The van der Waals surface area contributed by atoms with Crippen molar-refractivity contribution in [3.05, 3.63) is 24.3 Å². The van der Waals surface area contributed by atoms with E-state index < -0.39 is 0 Å². The maximum Gasteiger partial charge on any atom is 0.0598 e. The van der Waals surface area contributed by atoms with E-state index in [9.17, 15) is 0 Å². The summed E-state index contributed by atoms with van der Waals surface area (Å²) in [6.45, 7) is 0. The second-order valence-corrected chi connectivity index (χ2v) is 6.88. The summed E-state index contributed by atoms with van der Waals surface area (Å²) in [5, 5.41) is 0. The highest BCUT2D eigenvalue weighted by atomic mass is 79.9. The molecule has 4 aliphatic rings. The summed E-state index contributed by atoms with van der Waals surface area (Å²) in [5.74, 6) is 2.38. The molecule has 0 heterocycles. The first-order valence-electron chi connectivity index (χ1n) is 4.91. The SMILES string of the molecule is Br[C@@H]1C[C@@H]2C=C[C@@]1(Br)[C@H]1CC=C[C@@H]21. The summed E-state index contributed by atoms with van der Waals surface area (Å²) in [4.78, 5) is 0.621. The number of rotatable bonds is 0. The van der Waals surface area contributed by atoms with Gasteiger partial charge in [-0.2, -0.15) is 0 Å². The van der Waals surface area contributed by atoms with E-state index in [4.69, 9.17) is 0 Å². The molecule has 4 aliphatic carbocycles. The monoisotopic (exact) mass is 302 g/mol. The molecule has 13 heavy (non-hydrogen) atoms. The molecule has 70 valence electrons. The van der Waals surface area contributed by atoms with Gasteiger partial charge in [0.15, 0.2) is 0 Å². The van der Waals surface area contributed by atoms with Crippen molar-refractivity contribution in [3.8, 4) is 0 Å². The fraction of sp³-hybridized carbons (Fsp3) is 0.636. The highest BCUT2D eigenvalue weighted by Crippen LogP contribution is 2.57. The van der Waals surface area contributed by atoms with Crippen molar-refractivity contribution < 1.29 is 0 Å². The quantitative estimate of drug-likeness (QED) is 0.473. The lowest BCUT2D eigenvalue weighted by Crippen LogP contribution is -2.50. The summed E-state index contributed by atoms with van der Waals surface area (Å²) < 4.78 is 0.232. The van der Waals surface area contributed by atoms with Gasteiger partial charge in [0.05, 0.1) is 4.32 Å². The van der Waals surface area contributed by atoms with Crippen molar-refractivity contribution in [2.75, 3.05) is 0 Å². The average Bonchev–Trinajstić information content (AvgIpc) is 2.58. The van der Waals surface area contributed by atoms with Crippen LogP contribution in [0.25, 0.3) is 0 Å². The van der Waals surface area contributed by atoms with Gasteiger partial charge in [0.1, 0.15) is 0 Å². The highest BCUT2D eigenvalue weighted by molar-refractivity contribution is 9.12. The molecule has 0 spiro atoms. The lowest BCUT2D eigenvalue weighted by molar-refractivity contribution is 0.210. The molecule has 1 fully saturated rings. The second-order valence-electron chi connectivity index (χ2n) is 4.40. The van der Waals surface area contributed by atoms with Gasteiger partial charge < -0.3 is 0 Å². The van der Waals surface area contributed by atoms with E-state index in [2.05, 4.69) is 56.2 Å². The molecule has 0 unspecified atom stereocenters. The van der Waals surface area contributed by atoms with Crippen molar-refractivity contribution in [3.63, 3.8) is 0 Å². The van der Waals surface area contributed by atoms with Gasteiger partial charge in [0.2, 0.25) is 0 Å². The van der Waals surface area contributed by atoms with E-state index in [1.807, 2.05) is 0 Å². The maximum absolute atomic E-state index is 3.93. The molecule has 1 saturated carbocycles. The van der Waals surface area contributed by atoms with Gasteiger partial charge in [-0.25, -0.2) is 0 Å². The van der Waals surface area contributed by atoms with Crippen LogP contribution < -0.4 is 0 Å². The standard InChI is InChI=1S/C11H12Br2/c12-10-6-7-4-5-11(10,13)9-3-1-2-8(7)9/h1-2,4-5,7-10H,3,6H2/t7-,8-,9-,10+,11+/m0/s1. The fourth-order valence-corrected chi connectivity index (χ4v) is 4.86. The van der Waals surface area contributed by atoms with E-state index in [1.165, 1.54) is 12.8 Å². The Morgan fingerprint density at radius 1 is 1.31 bits per heavy atom. The Hall–Kier alpha value is 0.440. The zero-order valence-electron chi connectivity index (χ0n) is 7.29. The lowest BCUT2D eigenvalue weighted by atomic mass is 9.63. The molecule has 0 nitrogen and oxygen atoms in total. The van der Waals surface area contributed by atoms with Crippen molar-refractivity contribution in [2.24, 2.45) is 17.8 Å². The molecule has 5 atom stereocenters. The van der Waals surface area contributed by atoms with Gasteiger partial charge in [0.25, 0.3) is 0 Å².